The number of nitrogens with zero attached hydrogens (tertiary/aromatic N) is 3. The zero-order chi connectivity index (χ0) is 8.97. The molecule has 1 heterocycles. The summed E-state index contributed by atoms with van der Waals surface area (Å²) in [6, 6.07) is 0. The van der Waals surface area contributed by atoms with Crippen LogP contribution in [-0.4, -0.2) is 33.3 Å². The molecule has 1 aromatic heterocycles. The Morgan fingerprint density at radius 1 is 1.83 bits per heavy atom. The van der Waals surface area contributed by atoms with Crippen LogP contribution in [0.25, 0.3) is 0 Å². The number of esters is 1. The van der Waals surface area contributed by atoms with Gasteiger partial charge in [-0.05, 0) is 0 Å². The molecule has 0 bridgehead atoms. The zero-order valence-corrected chi connectivity index (χ0v) is 7.49. The second kappa shape index (κ2) is 4.10. The van der Waals surface area contributed by atoms with Crippen molar-refractivity contribution in [1.29, 1.82) is 0 Å². The highest BCUT2D eigenvalue weighted by Gasteiger charge is 2.09. The topological polar surface area (TPSA) is 57.0 Å². The minimum absolute atomic E-state index is 0.222. The lowest BCUT2D eigenvalue weighted by molar-refractivity contribution is 0.0523. The van der Waals surface area contributed by atoms with E-state index in [0.717, 1.165) is 0 Å². The van der Waals surface area contributed by atoms with E-state index in [1.165, 1.54) is 10.9 Å². The van der Waals surface area contributed by atoms with E-state index < -0.39 is 5.97 Å². The summed E-state index contributed by atoms with van der Waals surface area (Å²) in [5.41, 5.74) is 0.222. The summed E-state index contributed by atoms with van der Waals surface area (Å²) in [6.45, 7) is 0.290. The lowest BCUT2D eigenvalue weighted by Gasteiger charge is -1.97. The molecule has 0 aliphatic carbocycles. The van der Waals surface area contributed by atoms with Gasteiger partial charge in [-0.1, -0.05) is 5.21 Å². The number of hydrogen-bond acceptors (Lipinski definition) is 5. The molecule has 0 atom stereocenters. The molecule has 0 saturated heterocycles. The van der Waals surface area contributed by atoms with Gasteiger partial charge in [0.1, 0.15) is 6.61 Å². The van der Waals surface area contributed by atoms with Crippen LogP contribution in [0.2, 0.25) is 0 Å². The normalized spacial score (nSPS) is 9.83. The molecule has 0 amide bonds. The Kier molecular flexibility index (Phi) is 3.09. The van der Waals surface area contributed by atoms with Crippen molar-refractivity contribution in [2.24, 2.45) is 7.05 Å². The Morgan fingerprint density at radius 2 is 2.58 bits per heavy atom. The number of aryl methyl sites for hydroxylation is 1. The zero-order valence-electron chi connectivity index (χ0n) is 6.60. The van der Waals surface area contributed by atoms with Gasteiger partial charge in [-0.2, -0.15) is 12.6 Å². The largest absolute Gasteiger partial charge is 0.460 e. The Bertz CT molecular complexity index is 274. The van der Waals surface area contributed by atoms with Crippen molar-refractivity contribution in [1.82, 2.24) is 15.0 Å². The molecular formula is C6H9N3O2S. The fraction of sp³-hybridized carbons (Fsp3) is 0.500. The van der Waals surface area contributed by atoms with Gasteiger partial charge in [0.2, 0.25) is 0 Å². The highest BCUT2D eigenvalue weighted by molar-refractivity contribution is 7.80. The summed E-state index contributed by atoms with van der Waals surface area (Å²) in [6.07, 6.45) is 1.50. The van der Waals surface area contributed by atoms with E-state index in [1.807, 2.05) is 0 Å². The van der Waals surface area contributed by atoms with Crippen LogP contribution >= 0.6 is 12.6 Å². The minimum atomic E-state index is -0.461. The first-order valence-electron chi connectivity index (χ1n) is 3.38. The van der Waals surface area contributed by atoms with E-state index in [-0.39, 0.29) is 5.69 Å². The first kappa shape index (κ1) is 9.05. The molecule has 0 unspecified atom stereocenters. The first-order chi connectivity index (χ1) is 5.74. The van der Waals surface area contributed by atoms with Gasteiger partial charge in [-0.25, -0.2) is 4.79 Å². The number of thiol groups is 1. The molecule has 12 heavy (non-hydrogen) atoms. The van der Waals surface area contributed by atoms with E-state index in [0.29, 0.717) is 12.4 Å². The Balaban J connectivity index is 2.53. The molecule has 0 saturated carbocycles. The van der Waals surface area contributed by atoms with Gasteiger partial charge >= 0.3 is 5.97 Å². The average Bonchev–Trinajstić information content (AvgIpc) is 2.47. The standard InChI is InChI=1S/C6H9N3O2S/c1-9-4-5(7-8-9)6(10)11-2-3-12/h4,12H,2-3H2,1H3. The van der Waals surface area contributed by atoms with Crippen LogP contribution in [0.1, 0.15) is 10.5 Å². The smallest absolute Gasteiger partial charge is 0.360 e. The maximum atomic E-state index is 11.0. The van der Waals surface area contributed by atoms with Crippen LogP contribution in [0.4, 0.5) is 0 Å². The predicted molar refractivity (Wildman–Crippen MR) is 45.1 cm³/mol. The molecular weight excluding hydrogens is 178 g/mol. The number of rotatable bonds is 3. The Morgan fingerprint density at radius 3 is 3.08 bits per heavy atom. The number of carbonyl (C=O) groups excluding carboxylic acids is 1. The molecule has 66 valence electrons. The molecule has 0 spiro atoms. The summed E-state index contributed by atoms with van der Waals surface area (Å²) in [5, 5.41) is 7.17. The van der Waals surface area contributed by atoms with Crippen molar-refractivity contribution in [3.63, 3.8) is 0 Å². The van der Waals surface area contributed by atoms with Gasteiger partial charge in [0, 0.05) is 12.8 Å². The van der Waals surface area contributed by atoms with E-state index in [1.54, 1.807) is 7.05 Å². The lowest BCUT2D eigenvalue weighted by Crippen LogP contribution is -2.07. The molecule has 0 N–H and O–H groups in total. The van der Waals surface area contributed by atoms with E-state index in [2.05, 4.69) is 22.9 Å². The third-order valence-corrected chi connectivity index (χ3v) is 1.32. The van der Waals surface area contributed by atoms with E-state index in [4.69, 9.17) is 4.74 Å². The van der Waals surface area contributed by atoms with Gasteiger partial charge in [0.05, 0.1) is 6.20 Å². The maximum Gasteiger partial charge on any atom is 0.360 e. The quantitative estimate of drug-likeness (QED) is 0.530. The number of aromatic nitrogens is 3. The van der Waals surface area contributed by atoms with Crippen LogP contribution in [0.5, 0.6) is 0 Å². The van der Waals surface area contributed by atoms with Crippen molar-refractivity contribution in [2.75, 3.05) is 12.4 Å². The van der Waals surface area contributed by atoms with Crippen LogP contribution < -0.4 is 0 Å². The second-order valence-electron chi connectivity index (χ2n) is 2.14. The molecule has 0 aliphatic rings. The van der Waals surface area contributed by atoms with Crippen LogP contribution in [0, 0.1) is 0 Å². The minimum Gasteiger partial charge on any atom is -0.460 e. The molecule has 0 aromatic carbocycles. The molecule has 1 rings (SSSR count). The highest BCUT2D eigenvalue weighted by Crippen LogP contribution is 1.94. The number of ether oxygens (including phenoxy) is 1. The van der Waals surface area contributed by atoms with Gasteiger partial charge in [-0.15, -0.1) is 5.10 Å². The monoisotopic (exact) mass is 187 g/mol. The summed E-state index contributed by atoms with van der Waals surface area (Å²) in [4.78, 5) is 11.0. The summed E-state index contributed by atoms with van der Waals surface area (Å²) < 4.78 is 6.20. The molecule has 0 fully saturated rings. The van der Waals surface area contributed by atoms with Crippen molar-refractivity contribution in [2.45, 2.75) is 0 Å². The van der Waals surface area contributed by atoms with Crippen molar-refractivity contribution in [3.05, 3.63) is 11.9 Å². The molecule has 5 nitrogen and oxygen atoms in total. The third kappa shape index (κ3) is 2.23. The van der Waals surface area contributed by atoms with E-state index in [9.17, 15) is 4.79 Å². The highest BCUT2D eigenvalue weighted by atomic mass is 32.1. The van der Waals surface area contributed by atoms with Crippen molar-refractivity contribution in [3.8, 4) is 0 Å². The number of hydrogen-bond donors (Lipinski definition) is 1. The summed E-state index contributed by atoms with van der Waals surface area (Å²) in [5.74, 6) is 0.0450. The molecule has 0 radical (unpaired) electrons. The van der Waals surface area contributed by atoms with Gasteiger partial charge in [0.25, 0.3) is 0 Å². The summed E-state index contributed by atoms with van der Waals surface area (Å²) >= 11 is 3.89. The fourth-order valence-electron chi connectivity index (χ4n) is 0.653. The fourth-order valence-corrected chi connectivity index (χ4v) is 0.744. The van der Waals surface area contributed by atoms with E-state index >= 15 is 0 Å². The van der Waals surface area contributed by atoms with Gasteiger partial charge in [0.15, 0.2) is 5.69 Å². The third-order valence-electron chi connectivity index (χ3n) is 1.14. The Hall–Kier alpha value is -1.04. The van der Waals surface area contributed by atoms with Crippen LogP contribution in [-0.2, 0) is 11.8 Å². The van der Waals surface area contributed by atoms with Crippen LogP contribution in [0.3, 0.4) is 0 Å². The SMILES string of the molecule is Cn1cc(C(=O)OCCS)nn1. The van der Waals surface area contributed by atoms with Gasteiger partial charge in [-0.3, -0.25) is 4.68 Å². The van der Waals surface area contributed by atoms with Gasteiger partial charge < -0.3 is 4.74 Å². The molecule has 1 aromatic rings. The molecule has 6 heteroatoms. The maximum absolute atomic E-state index is 11.0. The van der Waals surface area contributed by atoms with Crippen molar-refractivity contribution >= 4 is 18.6 Å². The average molecular weight is 187 g/mol. The first-order valence-corrected chi connectivity index (χ1v) is 4.01. The molecule has 0 aliphatic heterocycles. The predicted octanol–water partition coefficient (Wildman–Crippen LogP) is -0.0983. The van der Waals surface area contributed by atoms with Crippen LogP contribution in [0.15, 0.2) is 6.20 Å². The summed E-state index contributed by atoms with van der Waals surface area (Å²) in [7, 11) is 1.68. The Labute approximate surface area is 75.1 Å². The second-order valence-corrected chi connectivity index (χ2v) is 2.58. The number of carbonyl (C=O) groups is 1. The lowest BCUT2D eigenvalue weighted by atomic mass is 10.5. The van der Waals surface area contributed by atoms with Crippen molar-refractivity contribution < 1.29 is 9.53 Å².